The molecule has 0 spiro atoms. The van der Waals surface area contributed by atoms with Crippen LogP contribution in [0.3, 0.4) is 0 Å². The standard InChI is InChI=1S/C10H8N2O5/c1-5-2-3-7(12(16)17)8(6(5)4-11)9(13)10(14)15/h2-3,9,13H,1H3,(H,14,15). The van der Waals surface area contributed by atoms with Crippen LogP contribution in [-0.4, -0.2) is 21.1 Å². The summed E-state index contributed by atoms with van der Waals surface area (Å²) in [6.45, 7) is 1.50. The van der Waals surface area contributed by atoms with Crippen LogP contribution in [0.1, 0.15) is 22.8 Å². The Kier molecular flexibility index (Phi) is 3.40. The fraction of sp³-hybridized carbons (Fsp3) is 0.200. The molecule has 0 amide bonds. The molecule has 0 heterocycles. The second-order valence-electron chi connectivity index (χ2n) is 3.30. The summed E-state index contributed by atoms with van der Waals surface area (Å²) in [5, 5.41) is 37.7. The Balaban J connectivity index is 3.62. The minimum absolute atomic E-state index is 0.186. The Morgan fingerprint density at radius 1 is 1.59 bits per heavy atom. The van der Waals surface area contributed by atoms with Crippen molar-refractivity contribution in [2.45, 2.75) is 13.0 Å². The number of carbonyl (C=O) groups is 1. The van der Waals surface area contributed by atoms with Crippen LogP contribution in [0.25, 0.3) is 0 Å². The molecule has 0 saturated carbocycles. The lowest BCUT2D eigenvalue weighted by atomic mass is 9.97. The van der Waals surface area contributed by atoms with Crippen molar-refractivity contribution in [2.75, 3.05) is 0 Å². The number of aryl methyl sites for hydroxylation is 1. The summed E-state index contributed by atoms with van der Waals surface area (Å²) in [6.07, 6.45) is -2.09. The fourth-order valence-electron chi connectivity index (χ4n) is 1.43. The van der Waals surface area contributed by atoms with Crippen LogP contribution in [0, 0.1) is 28.4 Å². The monoisotopic (exact) mass is 236 g/mol. The number of benzene rings is 1. The van der Waals surface area contributed by atoms with Crippen molar-refractivity contribution in [3.8, 4) is 6.07 Å². The van der Waals surface area contributed by atoms with E-state index in [4.69, 9.17) is 10.4 Å². The molecule has 0 saturated heterocycles. The van der Waals surface area contributed by atoms with Gasteiger partial charge in [-0.1, -0.05) is 6.07 Å². The van der Waals surface area contributed by atoms with Gasteiger partial charge in [0.2, 0.25) is 0 Å². The smallest absolute Gasteiger partial charge is 0.337 e. The van der Waals surface area contributed by atoms with Gasteiger partial charge in [-0.3, -0.25) is 10.1 Å². The van der Waals surface area contributed by atoms with Crippen LogP contribution in [-0.2, 0) is 4.79 Å². The quantitative estimate of drug-likeness (QED) is 0.593. The average molecular weight is 236 g/mol. The lowest BCUT2D eigenvalue weighted by Crippen LogP contribution is -2.14. The van der Waals surface area contributed by atoms with E-state index in [-0.39, 0.29) is 5.56 Å². The first-order chi connectivity index (χ1) is 7.90. The molecule has 0 aliphatic heterocycles. The van der Waals surface area contributed by atoms with Crippen molar-refractivity contribution < 1.29 is 19.9 Å². The van der Waals surface area contributed by atoms with Gasteiger partial charge in [-0.2, -0.15) is 5.26 Å². The predicted molar refractivity (Wildman–Crippen MR) is 55.1 cm³/mol. The van der Waals surface area contributed by atoms with Crippen molar-refractivity contribution in [3.63, 3.8) is 0 Å². The lowest BCUT2D eigenvalue weighted by Gasteiger charge is -2.10. The van der Waals surface area contributed by atoms with Crippen LogP contribution in [0.4, 0.5) is 5.69 Å². The van der Waals surface area contributed by atoms with Crippen LogP contribution < -0.4 is 0 Å². The summed E-state index contributed by atoms with van der Waals surface area (Å²) >= 11 is 0. The summed E-state index contributed by atoms with van der Waals surface area (Å²) in [5.74, 6) is -1.64. The predicted octanol–water partition coefficient (Wildman–Crippen LogP) is 0.893. The third kappa shape index (κ3) is 2.21. The van der Waals surface area contributed by atoms with Gasteiger partial charge in [0.1, 0.15) is 6.07 Å². The molecule has 0 aromatic heterocycles. The molecule has 0 radical (unpaired) electrons. The molecular formula is C10H8N2O5. The number of aliphatic hydroxyl groups is 1. The Morgan fingerprint density at radius 3 is 2.59 bits per heavy atom. The lowest BCUT2D eigenvalue weighted by molar-refractivity contribution is -0.386. The SMILES string of the molecule is Cc1ccc([N+](=O)[O-])c(C(O)C(=O)O)c1C#N. The van der Waals surface area contributed by atoms with Gasteiger partial charge in [0.25, 0.3) is 5.69 Å². The zero-order valence-corrected chi connectivity index (χ0v) is 8.75. The van der Waals surface area contributed by atoms with E-state index in [1.165, 1.54) is 13.0 Å². The number of nitro benzene ring substituents is 1. The fourth-order valence-corrected chi connectivity index (χ4v) is 1.43. The highest BCUT2D eigenvalue weighted by Gasteiger charge is 2.30. The summed E-state index contributed by atoms with van der Waals surface area (Å²) < 4.78 is 0. The summed E-state index contributed by atoms with van der Waals surface area (Å²) in [5.41, 5.74) is -0.880. The maximum atomic E-state index is 10.7. The third-order valence-corrected chi connectivity index (χ3v) is 2.25. The minimum atomic E-state index is -2.09. The van der Waals surface area contributed by atoms with Gasteiger partial charge >= 0.3 is 5.97 Å². The van der Waals surface area contributed by atoms with Crippen molar-refractivity contribution in [1.29, 1.82) is 5.26 Å². The van der Waals surface area contributed by atoms with Gasteiger partial charge in [-0.05, 0) is 12.5 Å². The number of rotatable bonds is 3. The first-order valence-corrected chi connectivity index (χ1v) is 4.49. The van der Waals surface area contributed by atoms with Crippen molar-refractivity contribution >= 4 is 11.7 Å². The minimum Gasteiger partial charge on any atom is -0.479 e. The van der Waals surface area contributed by atoms with E-state index in [0.717, 1.165) is 6.07 Å². The number of aliphatic carboxylic acids is 1. The summed E-state index contributed by atoms with van der Waals surface area (Å²) in [6, 6.07) is 4.06. The Morgan fingerprint density at radius 2 is 2.18 bits per heavy atom. The second kappa shape index (κ2) is 4.59. The molecule has 1 aromatic rings. The second-order valence-corrected chi connectivity index (χ2v) is 3.30. The number of nitriles is 1. The molecule has 1 unspecified atom stereocenters. The summed E-state index contributed by atoms with van der Waals surface area (Å²) in [7, 11) is 0. The molecule has 0 bridgehead atoms. The van der Waals surface area contributed by atoms with Gasteiger partial charge < -0.3 is 10.2 Å². The number of carboxylic acid groups (broad SMARTS) is 1. The Labute approximate surface area is 95.7 Å². The van der Waals surface area contributed by atoms with E-state index in [9.17, 15) is 20.0 Å². The van der Waals surface area contributed by atoms with E-state index in [1.807, 2.05) is 0 Å². The van der Waals surface area contributed by atoms with Crippen molar-refractivity contribution in [1.82, 2.24) is 0 Å². The number of nitro groups is 1. The van der Waals surface area contributed by atoms with Crippen LogP contribution in [0.15, 0.2) is 12.1 Å². The maximum Gasteiger partial charge on any atom is 0.337 e. The van der Waals surface area contributed by atoms with E-state index in [0.29, 0.717) is 5.56 Å². The first-order valence-electron chi connectivity index (χ1n) is 4.49. The summed E-state index contributed by atoms with van der Waals surface area (Å²) in [4.78, 5) is 20.6. The highest BCUT2D eigenvalue weighted by Crippen LogP contribution is 2.30. The first kappa shape index (κ1) is 12.6. The third-order valence-electron chi connectivity index (χ3n) is 2.25. The zero-order valence-electron chi connectivity index (χ0n) is 8.75. The largest absolute Gasteiger partial charge is 0.479 e. The zero-order chi connectivity index (χ0) is 13.2. The number of hydrogen-bond donors (Lipinski definition) is 2. The number of nitrogens with zero attached hydrogens (tertiary/aromatic N) is 2. The molecule has 1 atom stereocenters. The molecule has 0 aliphatic carbocycles. The molecule has 1 aromatic carbocycles. The van der Waals surface area contributed by atoms with Gasteiger partial charge in [0.05, 0.1) is 16.1 Å². The number of aliphatic hydroxyl groups excluding tert-OH is 1. The van der Waals surface area contributed by atoms with Crippen molar-refractivity contribution in [2.24, 2.45) is 0 Å². The van der Waals surface area contributed by atoms with E-state index < -0.39 is 28.2 Å². The van der Waals surface area contributed by atoms with Gasteiger partial charge in [-0.15, -0.1) is 0 Å². The molecule has 2 N–H and O–H groups in total. The number of carboxylic acids is 1. The van der Waals surface area contributed by atoms with E-state index in [2.05, 4.69) is 0 Å². The number of hydrogen-bond acceptors (Lipinski definition) is 5. The van der Waals surface area contributed by atoms with Gasteiger partial charge in [-0.25, -0.2) is 4.79 Å². The molecule has 7 nitrogen and oxygen atoms in total. The molecule has 17 heavy (non-hydrogen) atoms. The molecule has 0 fully saturated rings. The molecule has 0 aliphatic rings. The molecule has 1 rings (SSSR count). The highest BCUT2D eigenvalue weighted by atomic mass is 16.6. The van der Waals surface area contributed by atoms with E-state index in [1.54, 1.807) is 6.07 Å². The topological polar surface area (TPSA) is 124 Å². The molecule has 7 heteroatoms. The maximum absolute atomic E-state index is 10.7. The van der Waals surface area contributed by atoms with Crippen LogP contribution in [0.5, 0.6) is 0 Å². The molecule has 88 valence electrons. The van der Waals surface area contributed by atoms with E-state index >= 15 is 0 Å². The Hall–Kier alpha value is -2.46. The normalized spacial score (nSPS) is 11.6. The van der Waals surface area contributed by atoms with Crippen LogP contribution >= 0.6 is 0 Å². The molecular weight excluding hydrogens is 228 g/mol. The van der Waals surface area contributed by atoms with Crippen LogP contribution in [0.2, 0.25) is 0 Å². The van der Waals surface area contributed by atoms with Gasteiger partial charge in [0.15, 0.2) is 6.10 Å². The van der Waals surface area contributed by atoms with Crippen molar-refractivity contribution in [3.05, 3.63) is 38.9 Å². The highest BCUT2D eigenvalue weighted by molar-refractivity contribution is 5.78. The average Bonchev–Trinajstić information content (AvgIpc) is 2.26. The van der Waals surface area contributed by atoms with Gasteiger partial charge in [0, 0.05) is 6.07 Å². The Bertz CT molecular complexity index is 532.